The van der Waals surface area contributed by atoms with Gasteiger partial charge in [0.2, 0.25) is 5.91 Å². The highest BCUT2D eigenvalue weighted by Crippen LogP contribution is 2.38. The molecule has 0 bridgehead atoms. The van der Waals surface area contributed by atoms with Crippen molar-refractivity contribution in [1.82, 2.24) is 9.62 Å². The molecule has 1 saturated heterocycles. The number of hydrogen-bond acceptors (Lipinski definition) is 3. The van der Waals surface area contributed by atoms with Crippen molar-refractivity contribution >= 4 is 17.9 Å². The van der Waals surface area contributed by atoms with Crippen LogP contribution in [-0.4, -0.2) is 36.2 Å². The quantitative estimate of drug-likeness (QED) is 0.622. The number of carbonyl (C=O) groups is 1. The first kappa shape index (κ1) is 15.2. The number of piperidine rings is 1. The number of carbonyl (C=O) groups excluding carboxylic acids is 1. The Balaban J connectivity index is 1.80. The molecule has 2 unspecified atom stereocenters. The number of rotatable bonds is 5. The summed E-state index contributed by atoms with van der Waals surface area (Å²) >= 11 is 1.58. The van der Waals surface area contributed by atoms with E-state index in [1.165, 1.54) is 38.5 Å². The highest BCUT2D eigenvalue weighted by Gasteiger charge is 2.38. The zero-order valence-electron chi connectivity index (χ0n) is 12.4. The third-order valence-electron chi connectivity index (χ3n) is 4.72. The first-order valence-electron chi connectivity index (χ1n) is 7.84. The summed E-state index contributed by atoms with van der Waals surface area (Å²) in [5, 5.41) is 0. The van der Waals surface area contributed by atoms with Crippen molar-refractivity contribution in [3.05, 3.63) is 0 Å². The fourth-order valence-corrected chi connectivity index (χ4v) is 4.33. The molecule has 0 aromatic carbocycles. The molecule has 2 aliphatic rings. The zero-order valence-corrected chi connectivity index (χ0v) is 13.2. The molecular weight excluding hydrogens is 256 g/mol. The van der Waals surface area contributed by atoms with Gasteiger partial charge in [-0.1, -0.05) is 44.6 Å². The maximum atomic E-state index is 12.3. The van der Waals surface area contributed by atoms with Crippen LogP contribution in [0.5, 0.6) is 0 Å². The van der Waals surface area contributed by atoms with Crippen LogP contribution in [-0.2, 0) is 4.79 Å². The SMILES string of the molecule is CCCCSNC(=O)C1CC2CCCC[C@@H]2CN1C. The van der Waals surface area contributed by atoms with Crippen LogP contribution in [0.15, 0.2) is 0 Å². The summed E-state index contributed by atoms with van der Waals surface area (Å²) < 4.78 is 3.05. The van der Waals surface area contributed by atoms with Gasteiger partial charge >= 0.3 is 0 Å². The average molecular weight is 284 g/mol. The molecule has 2 rings (SSSR count). The zero-order chi connectivity index (χ0) is 13.7. The Morgan fingerprint density at radius 1 is 1.32 bits per heavy atom. The molecule has 0 radical (unpaired) electrons. The molecule has 19 heavy (non-hydrogen) atoms. The summed E-state index contributed by atoms with van der Waals surface area (Å²) in [6.45, 7) is 3.29. The molecule has 4 heteroatoms. The highest BCUT2D eigenvalue weighted by atomic mass is 32.2. The van der Waals surface area contributed by atoms with Crippen LogP contribution in [0.25, 0.3) is 0 Å². The number of hydrogen-bond donors (Lipinski definition) is 1. The number of nitrogens with one attached hydrogen (secondary N) is 1. The lowest BCUT2D eigenvalue weighted by Crippen LogP contribution is -2.52. The van der Waals surface area contributed by atoms with Crippen molar-refractivity contribution < 1.29 is 4.79 Å². The number of fused-ring (bicyclic) bond motifs is 1. The number of likely N-dealkylation sites (N-methyl/N-ethyl adjacent to an activating group) is 1. The normalized spacial score (nSPS) is 31.8. The lowest BCUT2D eigenvalue weighted by atomic mass is 9.73. The Hall–Kier alpha value is -0.220. The molecule has 1 saturated carbocycles. The molecule has 2 fully saturated rings. The molecule has 1 N–H and O–H groups in total. The lowest BCUT2D eigenvalue weighted by Gasteiger charge is -2.43. The van der Waals surface area contributed by atoms with E-state index in [0.29, 0.717) is 0 Å². The molecule has 3 nitrogen and oxygen atoms in total. The minimum Gasteiger partial charge on any atom is -0.299 e. The summed E-state index contributed by atoms with van der Waals surface area (Å²) in [5.74, 6) is 2.90. The van der Waals surface area contributed by atoms with Crippen molar-refractivity contribution in [3.8, 4) is 0 Å². The largest absolute Gasteiger partial charge is 0.299 e. The number of unbranched alkanes of at least 4 members (excludes halogenated alkanes) is 1. The van der Waals surface area contributed by atoms with Gasteiger partial charge in [0.1, 0.15) is 0 Å². The van der Waals surface area contributed by atoms with Gasteiger partial charge in [-0.25, -0.2) is 0 Å². The Labute approximate surface area is 122 Å². The molecule has 1 heterocycles. The molecule has 110 valence electrons. The van der Waals surface area contributed by atoms with Crippen molar-refractivity contribution in [1.29, 1.82) is 0 Å². The molecule has 3 atom stereocenters. The fourth-order valence-electron chi connectivity index (χ4n) is 3.51. The summed E-state index contributed by atoms with van der Waals surface area (Å²) in [5.41, 5.74) is 0. The average Bonchev–Trinajstić information content (AvgIpc) is 2.42. The fraction of sp³-hybridized carbons (Fsp3) is 0.933. The van der Waals surface area contributed by atoms with Gasteiger partial charge in [0.05, 0.1) is 6.04 Å². The van der Waals surface area contributed by atoms with Gasteiger partial charge in [-0.05, 0) is 38.1 Å². The van der Waals surface area contributed by atoms with Gasteiger partial charge in [0.15, 0.2) is 0 Å². The van der Waals surface area contributed by atoms with Crippen LogP contribution in [0.2, 0.25) is 0 Å². The van der Waals surface area contributed by atoms with Crippen molar-refractivity contribution in [3.63, 3.8) is 0 Å². The molecule has 1 aliphatic carbocycles. The lowest BCUT2D eigenvalue weighted by molar-refractivity contribution is -0.127. The maximum absolute atomic E-state index is 12.3. The Morgan fingerprint density at radius 3 is 2.79 bits per heavy atom. The molecule has 0 spiro atoms. The number of amides is 1. The second kappa shape index (κ2) is 7.53. The van der Waals surface area contributed by atoms with E-state index in [-0.39, 0.29) is 11.9 Å². The van der Waals surface area contributed by atoms with Crippen LogP contribution >= 0.6 is 11.9 Å². The minimum absolute atomic E-state index is 0.105. The smallest absolute Gasteiger partial charge is 0.247 e. The Kier molecular flexibility index (Phi) is 6.02. The molecule has 0 aromatic rings. The van der Waals surface area contributed by atoms with Crippen molar-refractivity contribution in [2.24, 2.45) is 11.8 Å². The van der Waals surface area contributed by atoms with Crippen LogP contribution in [0.4, 0.5) is 0 Å². The van der Waals surface area contributed by atoms with E-state index in [2.05, 4.69) is 23.6 Å². The van der Waals surface area contributed by atoms with Crippen molar-refractivity contribution in [2.45, 2.75) is 57.9 Å². The van der Waals surface area contributed by atoms with Gasteiger partial charge in [-0.3, -0.25) is 14.4 Å². The first-order chi connectivity index (χ1) is 9.22. The van der Waals surface area contributed by atoms with E-state index in [0.717, 1.165) is 30.6 Å². The topological polar surface area (TPSA) is 32.3 Å². The Morgan fingerprint density at radius 2 is 2.05 bits per heavy atom. The van der Waals surface area contributed by atoms with Crippen molar-refractivity contribution in [2.75, 3.05) is 19.3 Å². The summed E-state index contributed by atoms with van der Waals surface area (Å²) in [7, 11) is 2.12. The predicted molar refractivity (Wildman–Crippen MR) is 82.0 cm³/mol. The first-order valence-corrected chi connectivity index (χ1v) is 8.82. The third-order valence-corrected chi connectivity index (χ3v) is 5.56. The molecule has 1 amide bonds. The third kappa shape index (κ3) is 4.12. The van der Waals surface area contributed by atoms with E-state index >= 15 is 0 Å². The summed E-state index contributed by atoms with van der Waals surface area (Å²) in [4.78, 5) is 14.6. The number of likely N-dealkylation sites (tertiary alicyclic amines) is 1. The van der Waals surface area contributed by atoms with Gasteiger partial charge in [0.25, 0.3) is 0 Å². The van der Waals surface area contributed by atoms with Gasteiger partial charge in [-0.2, -0.15) is 0 Å². The van der Waals surface area contributed by atoms with E-state index in [1.54, 1.807) is 11.9 Å². The standard InChI is InChI=1S/C15H28N2OS/c1-3-4-9-19-16-15(18)14-10-12-7-5-6-8-13(12)11-17(14)2/h12-14H,3-11H2,1-2H3,(H,16,18)/t12?,13-,14?/m1/s1. The predicted octanol–water partition coefficient (Wildman–Crippen LogP) is 3.06. The van der Waals surface area contributed by atoms with Crippen LogP contribution < -0.4 is 4.72 Å². The second-order valence-electron chi connectivity index (χ2n) is 6.16. The van der Waals surface area contributed by atoms with E-state index in [1.807, 2.05) is 0 Å². The number of nitrogens with zero attached hydrogens (tertiary/aromatic N) is 1. The highest BCUT2D eigenvalue weighted by molar-refractivity contribution is 7.97. The van der Waals surface area contributed by atoms with Gasteiger partial charge < -0.3 is 0 Å². The van der Waals surface area contributed by atoms with Gasteiger partial charge in [0, 0.05) is 12.3 Å². The maximum Gasteiger partial charge on any atom is 0.247 e. The molecule has 1 aliphatic heterocycles. The van der Waals surface area contributed by atoms with Crippen LogP contribution in [0, 0.1) is 11.8 Å². The van der Waals surface area contributed by atoms with Gasteiger partial charge in [-0.15, -0.1) is 0 Å². The Bertz CT molecular complexity index is 298. The van der Waals surface area contributed by atoms with Crippen LogP contribution in [0.1, 0.15) is 51.9 Å². The monoisotopic (exact) mass is 284 g/mol. The minimum atomic E-state index is 0.105. The van der Waals surface area contributed by atoms with Crippen LogP contribution in [0.3, 0.4) is 0 Å². The molecule has 0 aromatic heterocycles. The summed E-state index contributed by atoms with van der Waals surface area (Å²) in [6.07, 6.45) is 8.90. The molecular formula is C15H28N2OS. The van der Waals surface area contributed by atoms with E-state index in [9.17, 15) is 4.79 Å². The van der Waals surface area contributed by atoms with E-state index in [4.69, 9.17) is 0 Å². The van der Waals surface area contributed by atoms with E-state index < -0.39 is 0 Å². The second-order valence-corrected chi connectivity index (χ2v) is 7.07. The summed E-state index contributed by atoms with van der Waals surface area (Å²) in [6, 6.07) is 0.105.